The first-order valence-corrected chi connectivity index (χ1v) is 6.42. The molecule has 2 aromatic rings. The first-order chi connectivity index (χ1) is 9.60. The van der Waals surface area contributed by atoms with Crippen LogP contribution in [0.2, 0.25) is 0 Å². The van der Waals surface area contributed by atoms with Crippen molar-refractivity contribution in [2.45, 2.75) is 25.9 Å². The number of carbonyl (C=O) groups excluding carboxylic acids is 1. The molecule has 5 nitrogen and oxygen atoms in total. The van der Waals surface area contributed by atoms with Crippen molar-refractivity contribution in [3.8, 4) is 11.3 Å². The number of esters is 1. The van der Waals surface area contributed by atoms with Crippen LogP contribution in [0, 0.1) is 0 Å². The zero-order valence-electron chi connectivity index (χ0n) is 11.5. The molecule has 0 aliphatic heterocycles. The van der Waals surface area contributed by atoms with Gasteiger partial charge in [0.2, 0.25) is 0 Å². The van der Waals surface area contributed by atoms with Crippen molar-refractivity contribution in [3.63, 3.8) is 0 Å². The van der Waals surface area contributed by atoms with Crippen LogP contribution in [0.5, 0.6) is 0 Å². The lowest BCUT2D eigenvalue weighted by Crippen LogP contribution is -2.01. The fourth-order valence-corrected chi connectivity index (χ4v) is 1.87. The lowest BCUT2D eigenvalue weighted by atomic mass is 10.0. The molecule has 0 bridgehead atoms. The number of aromatic nitrogens is 1. The Morgan fingerprint density at radius 2 is 2.25 bits per heavy atom. The Labute approximate surface area is 117 Å². The van der Waals surface area contributed by atoms with E-state index in [9.17, 15) is 9.90 Å². The molecule has 0 saturated carbocycles. The molecule has 5 heteroatoms. The first kappa shape index (κ1) is 14.3. The maximum absolute atomic E-state index is 11.3. The summed E-state index contributed by atoms with van der Waals surface area (Å²) in [5, 5.41) is 13.0. The van der Waals surface area contributed by atoms with Crippen LogP contribution < -0.4 is 0 Å². The van der Waals surface area contributed by atoms with Crippen LogP contribution in [0.15, 0.2) is 34.9 Å². The van der Waals surface area contributed by atoms with Crippen molar-refractivity contribution in [3.05, 3.63) is 41.6 Å². The van der Waals surface area contributed by atoms with Crippen LogP contribution in [0.1, 0.15) is 29.4 Å². The zero-order chi connectivity index (χ0) is 14.5. The highest BCUT2D eigenvalue weighted by Crippen LogP contribution is 2.22. The summed E-state index contributed by atoms with van der Waals surface area (Å²) < 4.78 is 9.74. The molecule has 1 aromatic carbocycles. The van der Waals surface area contributed by atoms with Gasteiger partial charge >= 0.3 is 5.97 Å². The summed E-state index contributed by atoms with van der Waals surface area (Å²) >= 11 is 0. The third-order valence-corrected chi connectivity index (χ3v) is 2.97. The average molecular weight is 275 g/mol. The van der Waals surface area contributed by atoms with Crippen molar-refractivity contribution in [2.24, 2.45) is 0 Å². The second-order valence-electron chi connectivity index (χ2n) is 4.66. The van der Waals surface area contributed by atoms with Gasteiger partial charge in [-0.25, -0.2) is 4.79 Å². The molecular weight excluding hydrogens is 258 g/mol. The Hall–Kier alpha value is -2.14. The van der Waals surface area contributed by atoms with E-state index in [1.165, 1.54) is 7.11 Å². The van der Waals surface area contributed by atoms with Gasteiger partial charge in [-0.3, -0.25) is 0 Å². The second-order valence-corrected chi connectivity index (χ2v) is 4.66. The molecule has 0 radical (unpaired) electrons. The summed E-state index contributed by atoms with van der Waals surface area (Å²) in [6, 6.07) is 9.30. The van der Waals surface area contributed by atoms with Crippen molar-refractivity contribution in [1.82, 2.24) is 5.16 Å². The van der Waals surface area contributed by atoms with E-state index in [1.54, 1.807) is 13.0 Å². The Balaban J connectivity index is 2.18. The fourth-order valence-electron chi connectivity index (χ4n) is 1.87. The predicted molar refractivity (Wildman–Crippen MR) is 73.3 cm³/mol. The van der Waals surface area contributed by atoms with E-state index < -0.39 is 5.97 Å². The van der Waals surface area contributed by atoms with E-state index >= 15 is 0 Å². The van der Waals surface area contributed by atoms with Crippen LogP contribution in [-0.2, 0) is 11.2 Å². The van der Waals surface area contributed by atoms with Gasteiger partial charge in [-0.1, -0.05) is 23.4 Å². The SMILES string of the molecule is COC(=O)c1cc(-c2cccc(CCC(C)O)c2)on1. The summed E-state index contributed by atoms with van der Waals surface area (Å²) in [5.74, 6) is -0.00504. The molecule has 0 saturated heterocycles. The Bertz CT molecular complexity index is 589. The van der Waals surface area contributed by atoms with Crippen molar-refractivity contribution >= 4 is 5.97 Å². The fraction of sp³-hybridized carbons (Fsp3) is 0.333. The largest absolute Gasteiger partial charge is 0.464 e. The van der Waals surface area contributed by atoms with E-state index in [4.69, 9.17) is 4.52 Å². The van der Waals surface area contributed by atoms with Gasteiger partial charge in [0.15, 0.2) is 11.5 Å². The topological polar surface area (TPSA) is 72.6 Å². The molecule has 0 aliphatic carbocycles. The Morgan fingerprint density at radius 3 is 2.95 bits per heavy atom. The first-order valence-electron chi connectivity index (χ1n) is 6.42. The number of methoxy groups -OCH3 is 1. The smallest absolute Gasteiger partial charge is 0.360 e. The summed E-state index contributed by atoms with van der Waals surface area (Å²) in [4.78, 5) is 11.3. The molecule has 1 N–H and O–H groups in total. The summed E-state index contributed by atoms with van der Waals surface area (Å²) in [5.41, 5.74) is 2.09. The van der Waals surface area contributed by atoms with Gasteiger partial charge in [-0.05, 0) is 31.4 Å². The van der Waals surface area contributed by atoms with Crippen LogP contribution in [0.3, 0.4) is 0 Å². The van der Waals surface area contributed by atoms with Crippen molar-refractivity contribution < 1.29 is 19.2 Å². The number of hydrogen-bond acceptors (Lipinski definition) is 5. The van der Waals surface area contributed by atoms with Gasteiger partial charge in [0.05, 0.1) is 13.2 Å². The number of benzene rings is 1. The van der Waals surface area contributed by atoms with Crippen LogP contribution in [0.25, 0.3) is 11.3 Å². The summed E-state index contributed by atoms with van der Waals surface area (Å²) in [7, 11) is 1.30. The number of aryl methyl sites for hydroxylation is 1. The molecule has 2 rings (SSSR count). The molecule has 20 heavy (non-hydrogen) atoms. The molecule has 1 atom stereocenters. The number of aliphatic hydroxyl groups is 1. The van der Waals surface area contributed by atoms with Crippen molar-refractivity contribution in [2.75, 3.05) is 7.11 Å². The molecule has 0 amide bonds. The minimum atomic E-state index is -0.523. The minimum absolute atomic E-state index is 0.150. The van der Waals surface area contributed by atoms with E-state index in [-0.39, 0.29) is 11.8 Å². The highest BCUT2D eigenvalue weighted by Gasteiger charge is 2.14. The molecule has 1 heterocycles. The number of rotatable bonds is 5. The third kappa shape index (κ3) is 3.45. The Morgan fingerprint density at radius 1 is 1.45 bits per heavy atom. The van der Waals surface area contributed by atoms with E-state index in [2.05, 4.69) is 9.89 Å². The second kappa shape index (κ2) is 6.34. The standard InChI is InChI=1S/C15H17NO4/c1-10(17)6-7-11-4-3-5-12(8-11)14-9-13(16-20-14)15(18)19-2/h3-5,8-10,17H,6-7H2,1-2H3. The van der Waals surface area contributed by atoms with Gasteiger partial charge in [0, 0.05) is 11.6 Å². The number of carbonyl (C=O) groups is 1. The summed E-state index contributed by atoms with van der Waals surface area (Å²) in [6.45, 7) is 1.77. The predicted octanol–water partition coefficient (Wildman–Crippen LogP) is 2.44. The highest BCUT2D eigenvalue weighted by atomic mass is 16.5. The monoisotopic (exact) mass is 275 g/mol. The average Bonchev–Trinajstić information content (AvgIpc) is 2.94. The quantitative estimate of drug-likeness (QED) is 0.848. The van der Waals surface area contributed by atoms with Crippen LogP contribution in [-0.4, -0.2) is 29.4 Å². The number of nitrogens with zero attached hydrogens (tertiary/aromatic N) is 1. The van der Waals surface area contributed by atoms with Crippen molar-refractivity contribution in [1.29, 1.82) is 0 Å². The number of hydrogen-bond donors (Lipinski definition) is 1. The molecular formula is C15H17NO4. The Kier molecular flexibility index (Phi) is 4.53. The van der Waals surface area contributed by atoms with Gasteiger partial charge in [-0.15, -0.1) is 0 Å². The number of aliphatic hydroxyl groups excluding tert-OH is 1. The van der Waals surface area contributed by atoms with Gasteiger partial charge in [0.1, 0.15) is 0 Å². The van der Waals surface area contributed by atoms with E-state index in [1.807, 2.05) is 24.3 Å². The zero-order valence-corrected chi connectivity index (χ0v) is 11.5. The highest BCUT2D eigenvalue weighted by molar-refractivity contribution is 5.88. The molecule has 1 unspecified atom stereocenters. The molecule has 0 fully saturated rings. The van der Waals surface area contributed by atoms with Crippen LogP contribution in [0.4, 0.5) is 0 Å². The minimum Gasteiger partial charge on any atom is -0.464 e. The summed E-state index contributed by atoms with van der Waals surface area (Å²) in [6.07, 6.45) is 1.16. The maximum Gasteiger partial charge on any atom is 0.360 e. The molecule has 0 aliphatic rings. The van der Waals surface area contributed by atoms with Gasteiger partial charge in [-0.2, -0.15) is 0 Å². The van der Waals surface area contributed by atoms with E-state index in [0.29, 0.717) is 12.2 Å². The molecule has 1 aromatic heterocycles. The van der Waals surface area contributed by atoms with E-state index in [0.717, 1.165) is 17.5 Å². The lowest BCUT2D eigenvalue weighted by Gasteiger charge is -2.05. The van der Waals surface area contributed by atoms with Gasteiger partial charge in [0.25, 0.3) is 0 Å². The maximum atomic E-state index is 11.3. The third-order valence-electron chi connectivity index (χ3n) is 2.97. The number of ether oxygens (including phenoxy) is 1. The molecule has 106 valence electrons. The normalized spacial score (nSPS) is 12.2. The van der Waals surface area contributed by atoms with Crippen LogP contribution >= 0.6 is 0 Å². The molecule has 0 spiro atoms. The lowest BCUT2D eigenvalue weighted by molar-refractivity contribution is 0.0589. The van der Waals surface area contributed by atoms with Gasteiger partial charge < -0.3 is 14.4 Å².